The van der Waals surface area contributed by atoms with E-state index in [4.69, 9.17) is 17.7 Å². The van der Waals surface area contributed by atoms with E-state index in [1.165, 1.54) is 13.8 Å². The van der Waals surface area contributed by atoms with Gasteiger partial charge in [0.15, 0.2) is 0 Å². The monoisotopic (exact) mass is 386 g/mol. The Labute approximate surface area is 125 Å². The summed E-state index contributed by atoms with van der Waals surface area (Å²) < 4.78 is 70.9. The van der Waals surface area contributed by atoms with E-state index in [2.05, 4.69) is 4.52 Å². The van der Waals surface area contributed by atoms with Gasteiger partial charge in [0.2, 0.25) is 7.37 Å². The minimum Gasteiger partial charge on any atom is -0.332 e. The molecule has 9 nitrogen and oxygen atoms in total. The van der Waals surface area contributed by atoms with Crippen LogP contribution in [0.15, 0.2) is 0 Å². The van der Waals surface area contributed by atoms with Crippen molar-refractivity contribution in [1.29, 1.82) is 0 Å². The highest BCUT2D eigenvalue weighted by Gasteiger charge is 2.35. The fourth-order valence-corrected chi connectivity index (χ4v) is 7.40. The molecule has 0 spiro atoms. The Balaban J connectivity index is 4.60. The van der Waals surface area contributed by atoms with Crippen LogP contribution in [0.4, 0.5) is 0 Å². The average Bonchev–Trinajstić information content (AvgIpc) is 2.25. The molecule has 0 aliphatic rings. The predicted molar refractivity (Wildman–Crippen MR) is 81.1 cm³/mol. The second kappa shape index (κ2) is 8.01. The molecule has 0 rings (SSSR count). The molecule has 0 N–H and O–H groups in total. The molecule has 4 unspecified atom stereocenters. The van der Waals surface area contributed by atoms with Crippen LogP contribution in [0.2, 0.25) is 0 Å². The summed E-state index contributed by atoms with van der Waals surface area (Å²) in [5.41, 5.74) is 0. The molecule has 0 amide bonds. The molecule has 0 aliphatic carbocycles. The smallest absolute Gasteiger partial charge is 0.332 e. The lowest BCUT2D eigenvalue weighted by atomic mass is 10.9. The standard InChI is InChI=1S/C8H22O9P4/c1-13-18(3,9)8-7-15-20(5,11)17-21(6,12)16-19(4,10)14-2/h7-8H2,1-6H3. The SMILES string of the molecule is COP(C)(=O)CCOP(C)(=O)OP(C)(=O)OP(C)(=O)OC. The molecule has 0 aromatic heterocycles. The average molecular weight is 386 g/mol. The van der Waals surface area contributed by atoms with Gasteiger partial charge in [0.1, 0.15) is 0 Å². The van der Waals surface area contributed by atoms with Gasteiger partial charge in [-0.3, -0.25) is 18.3 Å². The Morgan fingerprint density at radius 2 is 1.19 bits per heavy atom. The zero-order valence-electron chi connectivity index (χ0n) is 12.9. The summed E-state index contributed by atoms with van der Waals surface area (Å²) in [6.45, 7) is 4.40. The highest BCUT2D eigenvalue weighted by molar-refractivity contribution is 7.72. The Hall–Kier alpha value is 0.720. The van der Waals surface area contributed by atoms with Crippen LogP contribution in [0.25, 0.3) is 0 Å². The van der Waals surface area contributed by atoms with E-state index in [1.807, 2.05) is 0 Å². The quantitative estimate of drug-likeness (QED) is 0.518. The van der Waals surface area contributed by atoms with Crippen molar-refractivity contribution in [2.45, 2.75) is 0 Å². The van der Waals surface area contributed by atoms with E-state index in [0.717, 1.165) is 27.1 Å². The molecular weight excluding hydrogens is 364 g/mol. The van der Waals surface area contributed by atoms with Gasteiger partial charge in [0.05, 0.1) is 6.61 Å². The maximum absolute atomic E-state index is 12.0. The molecule has 4 atom stereocenters. The third-order valence-corrected chi connectivity index (χ3v) is 9.96. The third kappa shape index (κ3) is 10.2. The van der Waals surface area contributed by atoms with E-state index in [1.54, 1.807) is 0 Å². The molecule has 0 bridgehead atoms. The molecule has 0 heterocycles. The lowest BCUT2D eigenvalue weighted by molar-refractivity contribution is 0.263. The molecule has 0 radical (unpaired) electrons. The molecule has 0 aromatic carbocycles. The van der Waals surface area contributed by atoms with Crippen LogP contribution in [-0.4, -0.2) is 53.6 Å². The topological polar surface area (TPSA) is 114 Å². The normalized spacial score (nSPS) is 23.5. The van der Waals surface area contributed by atoms with Gasteiger partial charge in [-0.1, -0.05) is 0 Å². The van der Waals surface area contributed by atoms with Crippen LogP contribution in [0, 0.1) is 0 Å². The first-order chi connectivity index (χ1) is 9.24. The fourth-order valence-electron chi connectivity index (χ4n) is 1.07. The second-order valence-corrected chi connectivity index (χ2v) is 13.8. The first kappa shape index (κ1) is 21.7. The fraction of sp³-hybridized carbons (Fsp3) is 1.00. The third-order valence-electron chi connectivity index (χ3n) is 2.13. The summed E-state index contributed by atoms with van der Waals surface area (Å²) in [4.78, 5) is 0. The zero-order valence-corrected chi connectivity index (χ0v) is 16.5. The molecule has 128 valence electrons. The minimum absolute atomic E-state index is 0.0178. The van der Waals surface area contributed by atoms with Crippen LogP contribution < -0.4 is 0 Å². The number of rotatable bonds is 10. The van der Waals surface area contributed by atoms with Crippen LogP contribution >= 0.6 is 30.2 Å². The van der Waals surface area contributed by atoms with Crippen molar-refractivity contribution in [3.8, 4) is 0 Å². The van der Waals surface area contributed by atoms with Gasteiger partial charge in [0.25, 0.3) is 0 Å². The first-order valence-electron chi connectivity index (χ1n) is 5.72. The molecule has 0 saturated heterocycles. The van der Waals surface area contributed by atoms with Crippen molar-refractivity contribution in [3.05, 3.63) is 0 Å². The van der Waals surface area contributed by atoms with Crippen LogP contribution in [-0.2, 0) is 40.5 Å². The van der Waals surface area contributed by atoms with Gasteiger partial charge in [-0.2, -0.15) is 0 Å². The molecule has 13 heteroatoms. The molecule has 0 aliphatic heterocycles. The maximum atomic E-state index is 12.0. The highest BCUT2D eigenvalue weighted by Crippen LogP contribution is 2.68. The largest absolute Gasteiger partial charge is 0.341 e. The summed E-state index contributed by atoms with van der Waals surface area (Å²) >= 11 is 0. The number of hydrogen-bond acceptors (Lipinski definition) is 9. The van der Waals surface area contributed by atoms with Crippen LogP contribution in [0.1, 0.15) is 0 Å². The molecular formula is C8H22O9P4. The van der Waals surface area contributed by atoms with E-state index >= 15 is 0 Å². The van der Waals surface area contributed by atoms with Gasteiger partial charge in [-0.25, -0.2) is 8.62 Å². The van der Waals surface area contributed by atoms with E-state index in [0.29, 0.717) is 0 Å². The first-order valence-corrected chi connectivity index (χ1v) is 13.9. The van der Waals surface area contributed by atoms with Crippen molar-refractivity contribution in [3.63, 3.8) is 0 Å². The summed E-state index contributed by atoms with van der Waals surface area (Å²) in [6.07, 6.45) is 0.0178. The Bertz CT molecular complexity index is 530. The minimum atomic E-state index is -3.92. The van der Waals surface area contributed by atoms with Crippen LogP contribution in [0.3, 0.4) is 0 Å². The van der Waals surface area contributed by atoms with Gasteiger partial charge >= 0.3 is 22.8 Å². The van der Waals surface area contributed by atoms with Gasteiger partial charge in [0, 0.05) is 47.0 Å². The molecule has 0 aromatic rings. The molecule has 0 fully saturated rings. The van der Waals surface area contributed by atoms with Crippen LogP contribution in [0.5, 0.6) is 0 Å². The summed E-state index contributed by atoms with van der Waals surface area (Å²) in [5.74, 6) is 0. The number of hydrogen-bond donors (Lipinski definition) is 0. The van der Waals surface area contributed by atoms with Crippen molar-refractivity contribution < 1.29 is 40.5 Å². The summed E-state index contributed by atoms with van der Waals surface area (Å²) in [6, 6.07) is 0. The van der Waals surface area contributed by atoms with E-state index in [9.17, 15) is 18.3 Å². The summed E-state index contributed by atoms with van der Waals surface area (Å²) in [7, 11) is -11.6. The predicted octanol–water partition coefficient (Wildman–Crippen LogP) is 3.71. The van der Waals surface area contributed by atoms with Gasteiger partial charge in [-0.15, -0.1) is 0 Å². The Morgan fingerprint density at radius 3 is 1.62 bits per heavy atom. The van der Waals surface area contributed by atoms with Crippen molar-refractivity contribution >= 4 is 30.2 Å². The zero-order chi connectivity index (χ0) is 16.9. The van der Waals surface area contributed by atoms with Gasteiger partial charge < -0.3 is 13.6 Å². The van der Waals surface area contributed by atoms with Crippen molar-refractivity contribution in [2.75, 3.05) is 53.6 Å². The second-order valence-electron chi connectivity index (χ2n) is 4.41. The lowest BCUT2D eigenvalue weighted by Crippen LogP contribution is -2.02. The molecule has 21 heavy (non-hydrogen) atoms. The lowest BCUT2D eigenvalue weighted by Gasteiger charge is -2.21. The van der Waals surface area contributed by atoms with Crippen molar-refractivity contribution in [1.82, 2.24) is 0 Å². The van der Waals surface area contributed by atoms with Crippen molar-refractivity contribution in [2.24, 2.45) is 0 Å². The highest BCUT2D eigenvalue weighted by atomic mass is 31.3. The van der Waals surface area contributed by atoms with E-state index < -0.39 is 30.2 Å². The Kier molecular flexibility index (Phi) is 8.28. The van der Waals surface area contributed by atoms with Gasteiger partial charge in [-0.05, 0) is 0 Å². The maximum Gasteiger partial charge on any atom is 0.341 e. The molecule has 0 saturated carbocycles. The van der Waals surface area contributed by atoms with E-state index in [-0.39, 0.29) is 12.8 Å². The summed E-state index contributed by atoms with van der Waals surface area (Å²) in [5, 5.41) is 0. The Morgan fingerprint density at radius 1 is 0.714 bits per heavy atom.